The molecule has 15 nitrogen and oxygen atoms in total. The zero-order valence-corrected chi connectivity index (χ0v) is 28.1. The van der Waals surface area contributed by atoms with Gasteiger partial charge in [0.2, 0.25) is 0 Å². The Kier molecular flexibility index (Phi) is 10.2. The average molecular weight is 703 g/mol. The standard InChI is InChI=1S/C36H30O15/c1-16(37)44-27-9-7-22(11-31(27)47-19(4)40)24-13-25-30(50-36(24)43)15-29(46-18(3)39)26-14-33(49-21(6)42)34(51-35(25)26)23-8-10-28(45-17(2)38)32(12-23)48-20(5)41/h7-12,14-15,24,34H,13H2,1-6H3/t24-,34-/m1/s1. The number of fused-ring (bicyclic) bond motifs is 3. The SMILES string of the molecule is CC(=O)OC1=Cc2c(OC(C)=O)cc3c(c2O[C@@H]1c1ccc(OC(C)=O)c(OC(C)=O)c1)C[C@H](c1ccc(OC(C)=O)c(OC(C)=O)c1)C(=O)O3. The van der Waals surface area contributed by atoms with Crippen LogP contribution in [0, 0.1) is 0 Å². The van der Waals surface area contributed by atoms with Crippen LogP contribution in [0.3, 0.4) is 0 Å². The van der Waals surface area contributed by atoms with Crippen LogP contribution in [-0.2, 0) is 44.7 Å². The highest BCUT2D eigenvalue weighted by atomic mass is 16.6. The summed E-state index contributed by atoms with van der Waals surface area (Å²) in [4.78, 5) is 84.9. The van der Waals surface area contributed by atoms with Crippen molar-refractivity contribution in [3.63, 3.8) is 0 Å². The molecule has 15 heteroatoms. The lowest BCUT2D eigenvalue weighted by atomic mass is 9.87. The second kappa shape index (κ2) is 14.5. The van der Waals surface area contributed by atoms with E-state index in [1.807, 2.05) is 0 Å². The van der Waals surface area contributed by atoms with E-state index >= 15 is 0 Å². The first-order valence-electron chi connectivity index (χ1n) is 15.3. The highest BCUT2D eigenvalue weighted by Crippen LogP contribution is 2.51. The maximum atomic E-state index is 13.4. The van der Waals surface area contributed by atoms with Gasteiger partial charge in [0.1, 0.15) is 17.2 Å². The minimum absolute atomic E-state index is 0.0110. The summed E-state index contributed by atoms with van der Waals surface area (Å²) >= 11 is 0. The largest absolute Gasteiger partial charge is 0.477 e. The zero-order chi connectivity index (χ0) is 37.1. The second-order valence-corrected chi connectivity index (χ2v) is 11.3. The molecule has 51 heavy (non-hydrogen) atoms. The van der Waals surface area contributed by atoms with E-state index in [-0.39, 0.29) is 63.6 Å². The summed E-state index contributed by atoms with van der Waals surface area (Å²) in [6.45, 7) is 6.99. The maximum Gasteiger partial charge on any atom is 0.319 e. The normalized spacial score (nSPS) is 15.7. The molecule has 0 spiro atoms. The van der Waals surface area contributed by atoms with E-state index in [0.29, 0.717) is 11.1 Å². The van der Waals surface area contributed by atoms with Crippen LogP contribution >= 0.6 is 0 Å². The minimum atomic E-state index is -1.20. The van der Waals surface area contributed by atoms with Gasteiger partial charge in [0.15, 0.2) is 34.9 Å². The lowest BCUT2D eigenvalue weighted by Crippen LogP contribution is -2.28. The molecule has 3 aromatic carbocycles. The van der Waals surface area contributed by atoms with Crippen molar-refractivity contribution in [1.82, 2.24) is 0 Å². The topological polar surface area (TPSA) is 193 Å². The fourth-order valence-corrected chi connectivity index (χ4v) is 5.44. The number of carbonyl (C=O) groups is 7. The van der Waals surface area contributed by atoms with Crippen LogP contribution in [0.2, 0.25) is 0 Å². The van der Waals surface area contributed by atoms with Crippen molar-refractivity contribution in [1.29, 1.82) is 0 Å². The van der Waals surface area contributed by atoms with Gasteiger partial charge in [-0.2, -0.15) is 0 Å². The van der Waals surface area contributed by atoms with Crippen LogP contribution in [0.4, 0.5) is 0 Å². The summed E-state index contributed by atoms with van der Waals surface area (Å²) in [6, 6.07) is 9.80. The summed E-state index contributed by atoms with van der Waals surface area (Å²) in [5, 5.41) is 0. The van der Waals surface area contributed by atoms with E-state index < -0.39 is 53.8 Å². The molecule has 3 aromatic rings. The number of carbonyl (C=O) groups excluding carboxylic acids is 7. The molecular weight excluding hydrogens is 672 g/mol. The van der Waals surface area contributed by atoms with Crippen molar-refractivity contribution in [2.24, 2.45) is 0 Å². The number of hydrogen-bond donors (Lipinski definition) is 0. The third kappa shape index (κ3) is 8.21. The molecule has 0 unspecified atom stereocenters. The first kappa shape index (κ1) is 35.8. The smallest absolute Gasteiger partial charge is 0.319 e. The quantitative estimate of drug-likeness (QED) is 0.233. The Hall–Kier alpha value is -6.51. The van der Waals surface area contributed by atoms with Crippen molar-refractivity contribution in [3.05, 3.63) is 70.5 Å². The van der Waals surface area contributed by atoms with Crippen molar-refractivity contribution in [2.75, 3.05) is 0 Å². The number of ether oxygens (including phenoxy) is 8. The van der Waals surface area contributed by atoms with Gasteiger partial charge < -0.3 is 37.9 Å². The van der Waals surface area contributed by atoms with E-state index in [2.05, 4.69) is 0 Å². The summed E-state index contributed by atoms with van der Waals surface area (Å²) in [5.41, 5.74) is 1.15. The van der Waals surface area contributed by atoms with Crippen LogP contribution in [0.25, 0.3) is 6.08 Å². The number of hydrogen-bond acceptors (Lipinski definition) is 15. The molecule has 2 aliphatic heterocycles. The summed E-state index contributed by atoms with van der Waals surface area (Å²) in [6.07, 6.45) is 0.178. The summed E-state index contributed by atoms with van der Waals surface area (Å²) in [7, 11) is 0. The van der Waals surface area contributed by atoms with E-state index in [9.17, 15) is 33.6 Å². The van der Waals surface area contributed by atoms with Gasteiger partial charge in [0.25, 0.3) is 0 Å². The molecule has 0 N–H and O–H groups in total. The third-order valence-electron chi connectivity index (χ3n) is 7.20. The lowest BCUT2D eigenvalue weighted by molar-refractivity contribution is -0.139. The van der Waals surface area contributed by atoms with Crippen molar-refractivity contribution in [3.8, 4) is 40.2 Å². The molecule has 2 heterocycles. The predicted octanol–water partition coefficient (Wildman–Crippen LogP) is 4.60. The molecule has 0 aromatic heterocycles. The molecule has 0 fully saturated rings. The minimum Gasteiger partial charge on any atom is -0.477 e. The van der Waals surface area contributed by atoms with E-state index in [1.165, 1.54) is 76.2 Å². The molecular formula is C36H30O15. The lowest BCUT2D eigenvalue weighted by Gasteiger charge is -2.32. The molecule has 264 valence electrons. The Morgan fingerprint density at radius 3 is 1.59 bits per heavy atom. The van der Waals surface area contributed by atoms with Gasteiger partial charge in [-0.05, 0) is 42.3 Å². The van der Waals surface area contributed by atoms with Crippen LogP contribution in [0.5, 0.6) is 40.2 Å². The van der Waals surface area contributed by atoms with Gasteiger partial charge >= 0.3 is 41.8 Å². The zero-order valence-electron chi connectivity index (χ0n) is 28.1. The van der Waals surface area contributed by atoms with E-state index in [1.54, 1.807) is 0 Å². The number of rotatable bonds is 8. The second-order valence-electron chi connectivity index (χ2n) is 11.3. The van der Waals surface area contributed by atoms with Gasteiger partial charge in [0, 0.05) is 58.7 Å². The van der Waals surface area contributed by atoms with Crippen LogP contribution in [-0.4, -0.2) is 41.8 Å². The molecule has 0 amide bonds. The average Bonchev–Trinajstić information content (AvgIpc) is 3.01. The van der Waals surface area contributed by atoms with Crippen LogP contribution in [0.15, 0.2) is 48.2 Å². The molecule has 0 saturated carbocycles. The predicted molar refractivity (Wildman–Crippen MR) is 171 cm³/mol. The molecule has 0 aliphatic carbocycles. The molecule has 2 aliphatic rings. The van der Waals surface area contributed by atoms with Gasteiger partial charge in [-0.15, -0.1) is 0 Å². The van der Waals surface area contributed by atoms with Crippen molar-refractivity contribution < 1.29 is 71.5 Å². The number of esters is 7. The van der Waals surface area contributed by atoms with Gasteiger partial charge in [-0.25, -0.2) is 0 Å². The Morgan fingerprint density at radius 2 is 1.06 bits per heavy atom. The molecule has 2 atom stereocenters. The van der Waals surface area contributed by atoms with Crippen LogP contribution in [0.1, 0.15) is 75.8 Å². The first-order chi connectivity index (χ1) is 24.1. The molecule has 0 bridgehead atoms. The van der Waals surface area contributed by atoms with Crippen molar-refractivity contribution >= 4 is 47.9 Å². The van der Waals surface area contributed by atoms with Gasteiger partial charge in [-0.3, -0.25) is 33.6 Å². The van der Waals surface area contributed by atoms with Crippen LogP contribution < -0.4 is 33.2 Å². The maximum absolute atomic E-state index is 13.4. The van der Waals surface area contributed by atoms with E-state index in [4.69, 9.17) is 37.9 Å². The summed E-state index contributed by atoms with van der Waals surface area (Å²) < 4.78 is 44.0. The monoisotopic (exact) mass is 702 g/mol. The Morgan fingerprint density at radius 1 is 0.588 bits per heavy atom. The Balaban J connectivity index is 1.65. The molecule has 0 saturated heterocycles. The van der Waals surface area contributed by atoms with E-state index in [0.717, 1.165) is 13.8 Å². The van der Waals surface area contributed by atoms with Gasteiger partial charge in [0.05, 0.1) is 11.5 Å². The Bertz CT molecular complexity index is 2040. The van der Waals surface area contributed by atoms with Gasteiger partial charge in [-0.1, -0.05) is 12.1 Å². The highest BCUT2D eigenvalue weighted by Gasteiger charge is 2.39. The molecule has 0 radical (unpaired) electrons. The number of benzene rings is 3. The first-order valence-corrected chi connectivity index (χ1v) is 15.3. The highest BCUT2D eigenvalue weighted by molar-refractivity contribution is 5.87. The summed E-state index contributed by atoms with van der Waals surface area (Å²) in [5.74, 6) is -6.22. The van der Waals surface area contributed by atoms with Crippen molar-refractivity contribution in [2.45, 2.75) is 60.0 Å². The molecule has 5 rings (SSSR count). The Labute approximate surface area is 289 Å². The third-order valence-corrected chi connectivity index (χ3v) is 7.20. The fourth-order valence-electron chi connectivity index (χ4n) is 5.44. The fraction of sp³-hybridized carbons (Fsp3) is 0.250.